The Morgan fingerprint density at radius 3 is 2.72 bits per heavy atom. The Kier molecular flexibility index (Phi) is 4.49. The smallest absolute Gasteiger partial charge is 0.251 e. The van der Waals surface area contributed by atoms with E-state index in [-0.39, 0.29) is 5.91 Å². The number of nitrogens with one attached hydrogen (secondary N) is 2. The van der Waals surface area contributed by atoms with Gasteiger partial charge in [0, 0.05) is 17.3 Å². The molecule has 0 aliphatic carbocycles. The third-order valence-corrected chi connectivity index (χ3v) is 4.24. The monoisotopic (exact) mass is 265 g/mol. The summed E-state index contributed by atoms with van der Waals surface area (Å²) in [5.41, 5.74) is 5.07. The van der Waals surface area contributed by atoms with E-state index in [0.717, 1.165) is 41.2 Å². The zero-order valence-corrected chi connectivity index (χ0v) is 11.3. The molecule has 0 radical (unpaired) electrons. The maximum Gasteiger partial charge on any atom is 0.251 e. The lowest BCUT2D eigenvalue weighted by Crippen LogP contribution is -2.37. The molecule has 18 heavy (non-hydrogen) atoms. The van der Waals surface area contributed by atoms with Crippen LogP contribution >= 0.6 is 11.8 Å². The summed E-state index contributed by atoms with van der Waals surface area (Å²) in [6.45, 7) is 1.92. The fourth-order valence-corrected chi connectivity index (χ4v) is 3.22. The number of carbonyl (C=O) groups is 1. The molecule has 0 spiro atoms. The molecular formula is C13H19N3OS. The number of rotatable bonds is 3. The van der Waals surface area contributed by atoms with E-state index < -0.39 is 0 Å². The Labute approximate surface area is 112 Å². The van der Waals surface area contributed by atoms with E-state index in [1.54, 1.807) is 0 Å². The second kappa shape index (κ2) is 6.11. The van der Waals surface area contributed by atoms with Crippen molar-refractivity contribution in [2.24, 2.45) is 5.84 Å². The Bertz CT molecular complexity index is 430. The summed E-state index contributed by atoms with van der Waals surface area (Å²) in [5.74, 6) is 7.64. The summed E-state index contributed by atoms with van der Waals surface area (Å²) >= 11 is 1.96. The van der Waals surface area contributed by atoms with E-state index in [4.69, 9.17) is 5.84 Å². The number of thioether (sulfide) groups is 1. The van der Waals surface area contributed by atoms with E-state index >= 15 is 0 Å². The van der Waals surface area contributed by atoms with Crippen molar-refractivity contribution in [2.45, 2.75) is 25.8 Å². The molecular weight excluding hydrogens is 246 g/mol. The quantitative estimate of drug-likeness (QED) is 0.577. The molecule has 1 saturated heterocycles. The van der Waals surface area contributed by atoms with Crippen LogP contribution < -0.4 is 16.6 Å². The zero-order chi connectivity index (χ0) is 13.0. The minimum atomic E-state index is 0.0213. The second-order valence-electron chi connectivity index (χ2n) is 4.53. The van der Waals surface area contributed by atoms with E-state index in [1.165, 1.54) is 0 Å². The van der Waals surface area contributed by atoms with Gasteiger partial charge in [-0.05, 0) is 55.0 Å². The van der Waals surface area contributed by atoms with Crippen LogP contribution in [-0.2, 0) is 0 Å². The van der Waals surface area contributed by atoms with Crippen LogP contribution in [0.1, 0.15) is 28.8 Å². The second-order valence-corrected chi connectivity index (χ2v) is 5.76. The number of hydrazine groups is 1. The van der Waals surface area contributed by atoms with Gasteiger partial charge in [-0.3, -0.25) is 10.6 Å². The topological polar surface area (TPSA) is 67.1 Å². The number of nitrogen functional groups attached to an aromatic ring is 1. The normalized spacial score (nSPS) is 16.3. The third kappa shape index (κ3) is 3.17. The van der Waals surface area contributed by atoms with Crippen molar-refractivity contribution in [3.63, 3.8) is 0 Å². The maximum absolute atomic E-state index is 12.2. The molecule has 5 heteroatoms. The van der Waals surface area contributed by atoms with Crippen LogP contribution in [0.5, 0.6) is 0 Å². The molecule has 1 aliphatic heterocycles. The fourth-order valence-electron chi connectivity index (χ4n) is 2.11. The standard InChI is InChI=1S/C13H19N3OS/c1-9-8-11(16-14)2-3-12(9)13(17)15-10-4-6-18-7-5-10/h2-3,8,10,16H,4-7,14H2,1H3,(H,15,17). The largest absolute Gasteiger partial charge is 0.349 e. The Balaban J connectivity index is 2.03. The van der Waals surface area contributed by atoms with Crippen molar-refractivity contribution in [3.8, 4) is 0 Å². The average molecular weight is 265 g/mol. The molecule has 0 atom stereocenters. The summed E-state index contributed by atoms with van der Waals surface area (Å²) in [6.07, 6.45) is 2.13. The fraction of sp³-hybridized carbons (Fsp3) is 0.462. The first-order chi connectivity index (χ1) is 8.70. The van der Waals surface area contributed by atoms with Gasteiger partial charge in [-0.15, -0.1) is 0 Å². The predicted molar refractivity (Wildman–Crippen MR) is 76.8 cm³/mol. The highest BCUT2D eigenvalue weighted by molar-refractivity contribution is 7.99. The van der Waals surface area contributed by atoms with E-state index in [9.17, 15) is 4.79 Å². The molecule has 1 amide bonds. The number of anilines is 1. The van der Waals surface area contributed by atoms with Crippen LogP contribution in [0.3, 0.4) is 0 Å². The number of aryl methyl sites for hydroxylation is 1. The van der Waals surface area contributed by atoms with Gasteiger partial charge >= 0.3 is 0 Å². The molecule has 98 valence electrons. The summed E-state index contributed by atoms with van der Waals surface area (Å²) in [6, 6.07) is 5.84. The maximum atomic E-state index is 12.2. The average Bonchev–Trinajstić information content (AvgIpc) is 2.39. The van der Waals surface area contributed by atoms with Crippen LogP contribution in [-0.4, -0.2) is 23.5 Å². The van der Waals surface area contributed by atoms with Gasteiger partial charge < -0.3 is 10.7 Å². The predicted octanol–water partition coefficient (Wildman–Crippen LogP) is 1.91. The number of hydrogen-bond donors (Lipinski definition) is 3. The first kappa shape index (κ1) is 13.2. The molecule has 0 aromatic heterocycles. The molecule has 1 aromatic carbocycles. The van der Waals surface area contributed by atoms with Crippen molar-refractivity contribution < 1.29 is 4.79 Å². The van der Waals surface area contributed by atoms with Crippen LogP contribution in [0.15, 0.2) is 18.2 Å². The van der Waals surface area contributed by atoms with Crippen molar-refractivity contribution in [1.29, 1.82) is 0 Å². The van der Waals surface area contributed by atoms with Crippen LogP contribution in [0.2, 0.25) is 0 Å². The molecule has 0 saturated carbocycles. The summed E-state index contributed by atoms with van der Waals surface area (Å²) in [4.78, 5) is 12.2. The SMILES string of the molecule is Cc1cc(NN)ccc1C(=O)NC1CCSCC1. The summed E-state index contributed by atoms with van der Waals surface area (Å²) in [7, 11) is 0. The van der Waals surface area contributed by atoms with Gasteiger partial charge in [-0.1, -0.05) is 0 Å². The molecule has 1 aliphatic rings. The molecule has 4 N–H and O–H groups in total. The van der Waals surface area contributed by atoms with Crippen LogP contribution in [0, 0.1) is 6.92 Å². The number of carbonyl (C=O) groups excluding carboxylic acids is 1. The highest BCUT2D eigenvalue weighted by Gasteiger charge is 2.17. The molecule has 2 rings (SSSR count). The Morgan fingerprint density at radius 1 is 1.39 bits per heavy atom. The van der Waals surface area contributed by atoms with Gasteiger partial charge in [0.25, 0.3) is 5.91 Å². The van der Waals surface area contributed by atoms with E-state index in [0.29, 0.717) is 6.04 Å². The van der Waals surface area contributed by atoms with Crippen molar-refractivity contribution in [1.82, 2.24) is 5.32 Å². The first-order valence-corrected chi connectivity index (χ1v) is 7.32. The van der Waals surface area contributed by atoms with Crippen molar-refractivity contribution >= 4 is 23.4 Å². The molecule has 0 unspecified atom stereocenters. The zero-order valence-electron chi connectivity index (χ0n) is 10.5. The summed E-state index contributed by atoms with van der Waals surface area (Å²) in [5, 5.41) is 3.11. The number of nitrogens with two attached hydrogens (primary N) is 1. The highest BCUT2D eigenvalue weighted by Crippen LogP contribution is 2.19. The highest BCUT2D eigenvalue weighted by atomic mass is 32.2. The van der Waals surface area contributed by atoms with E-state index in [1.807, 2.05) is 36.9 Å². The lowest BCUT2D eigenvalue weighted by atomic mass is 10.1. The van der Waals surface area contributed by atoms with Crippen molar-refractivity contribution in [2.75, 3.05) is 16.9 Å². The van der Waals surface area contributed by atoms with Crippen LogP contribution in [0.4, 0.5) is 5.69 Å². The van der Waals surface area contributed by atoms with Crippen LogP contribution in [0.25, 0.3) is 0 Å². The molecule has 1 fully saturated rings. The van der Waals surface area contributed by atoms with Gasteiger partial charge in [0.15, 0.2) is 0 Å². The van der Waals surface area contributed by atoms with Gasteiger partial charge in [0.1, 0.15) is 0 Å². The third-order valence-electron chi connectivity index (χ3n) is 3.19. The van der Waals surface area contributed by atoms with Crippen molar-refractivity contribution in [3.05, 3.63) is 29.3 Å². The Morgan fingerprint density at radius 2 is 2.11 bits per heavy atom. The van der Waals surface area contributed by atoms with Gasteiger partial charge in [-0.2, -0.15) is 11.8 Å². The minimum absolute atomic E-state index is 0.0213. The molecule has 0 bridgehead atoms. The summed E-state index contributed by atoms with van der Waals surface area (Å²) < 4.78 is 0. The first-order valence-electron chi connectivity index (χ1n) is 6.16. The number of hydrogen-bond acceptors (Lipinski definition) is 4. The van der Waals surface area contributed by atoms with E-state index in [2.05, 4.69) is 10.7 Å². The van der Waals surface area contributed by atoms with Gasteiger partial charge in [-0.25, -0.2) is 0 Å². The van der Waals surface area contributed by atoms with Gasteiger partial charge in [0.05, 0.1) is 0 Å². The van der Waals surface area contributed by atoms with Gasteiger partial charge in [0.2, 0.25) is 0 Å². The minimum Gasteiger partial charge on any atom is -0.349 e. The lowest BCUT2D eigenvalue weighted by molar-refractivity contribution is 0.0934. The Hall–Kier alpha value is -1.20. The number of amides is 1. The molecule has 1 heterocycles. The number of benzene rings is 1. The molecule has 4 nitrogen and oxygen atoms in total. The lowest BCUT2D eigenvalue weighted by Gasteiger charge is -2.23. The molecule has 1 aromatic rings.